The summed E-state index contributed by atoms with van der Waals surface area (Å²) >= 11 is 0. The number of Topliss-reactive ketones (excluding diaryl/α,β-unsaturated/α-hetero) is 2. The van der Waals surface area contributed by atoms with Gasteiger partial charge in [0, 0.05) is 73.8 Å². The number of esters is 1. The molecule has 4 aromatic rings. The first kappa shape index (κ1) is 65.8. The van der Waals surface area contributed by atoms with Gasteiger partial charge in [0.15, 0.2) is 0 Å². The van der Waals surface area contributed by atoms with E-state index < -0.39 is 66.1 Å². The molecule has 6 N–H and O–H groups in total. The summed E-state index contributed by atoms with van der Waals surface area (Å²) in [5, 5.41) is 30.7. The number of nitrogens with one attached hydrogen (secondary N) is 4. The number of aliphatic carboxylic acids is 1. The zero-order valence-electron chi connectivity index (χ0n) is 48.1. The van der Waals surface area contributed by atoms with Gasteiger partial charge in [-0.2, -0.15) is 0 Å². The third-order valence-corrected chi connectivity index (χ3v) is 14.1. The molecule has 2 saturated heterocycles. The topological polar surface area (TPSA) is 267 Å². The lowest BCUT2D eigenvalue weighted by atomic mass is 9.89. The van der Waals surface area contributed by atoms with E-state index >= 15 is 0 Å². The standard InChI is InChI=1S/C31H40N4O5.C18H29N3O5.C13H13NO/c1-7-10-26(36)17-27(19(3)4)29(37)33-20(5)30(38)35-14-9-11-28(34-35)31(39)40-21(6)22-12-13-23-18-32-25(8-2)16-24(23)15-22;1-5-7-13(22)10-14(11(2)3)16(23)19-12(4)17(24)21-9-6-8-15(20-21)18(25)26;1-3-13-7-12-6-10(9(2)15)4-5-11(12)8-14-13/h7-8,12-13,15-16,18-21,27-28,34H,1-2,9-11,14,17H2,3-6H3,(H,33,37);5,11-12,14-15,20H,1,6-10H2,2-4H3,(H,19,23)(H,25,26);3-9,15H,1H2,2H3/t20-,21?,27-,28-;12-,14-,15-;9-/m001/s1. The van der Waals surface area contributed by atoms with Gasteiger partial charge in [-0.25, -0.2) is 10.9 Å². The summed E-state index contributed by atoms with van der Waals surface area (Å²) in [6.07, 6.45) is 11.8. The average molecular weight is 1120 g/mol. The molecule has 6 rings (SSSR count). The Morgan fingerprint density at radius 2 is 1.05 bits per heavy atom. The number of hydrogen-bond donors (Lipinski definition) is 6. The number of fused-ring (bicyclic) bond motifs is 2. The highest BCUT2D eigenvalue weighted by atomic mass is 16.5. The van der Waals surface area contributed by atoms with Crippen LogP contribution in [0, 0.1) is 23.7 Å². The monoisotopic (exact) mass is 1110 g/mol. The molecule has 0 saturated carbocycles. The molecule has 2 aliphatic heterocycles. The fourth-order valence-corrected chi connectivity index (χ4v) is 9.13. The normalized spacial score (nSPS) is 17.3. The number of aliphatic hydroxyl groups excluding tert-OH is 1. The quantitative estimate of drug-likeness (QED) is 0.0303. The van der Waals surface area contributed by atoms with Crippen molar-refractivity contribution >= 4 is 80.8 Å². The number of allylic oxidation sites excluding steroid dienone is 2. The van der Waals surface area contributed by atoms with Gasteiger partial charge in [0.2, 0.25) is 11.8 Å². The zero-order chi connectivity index (χ0) is 60.1. The number of aliphatic hydroxyl groups is 1. The van der Waals surface area contributed by atoms with Gasteiger partial charge in [0.25, 0.3) is 11.8 Å². The van der Waals surface area contributed by atoms with E-state index in [4.69, 9.17) is 9.84 Å². The van der Waals surface area contributed by atoms with Crippen molar-refractivity contribution in [2.75, 3.05) is 13.1 Å². The van der Waals surface area contributed by atoms with Crippen LogP contribution in [0.2, 0.25) is 0 Å². The van der Waals surface area contributed by atoms with Crippen LogP contribution in [0.4, 0.5) is 0 Å². The zero-order valence-corrected chi connectivity index (χ0v) is 48.1. The summed E-state index contributed by atoms with van der Waals surface area (Å²) in [6, 6.07) is 12.4. The predicted octanol–water partition coefficient (Wildman–Crippen LogP) is 8.10. The van der Waals surface area contributed by atoms with Crippen LogP contribution in [-0.4, -0.2) is 115 Å². The summed E-state index contributed by atoms with van der Waals surface area (Å²) in [6.45, 7) is 29.5. The minimum absolute atomic E-state index is 0.0597. The smallest absolute Gasteiger partial charge is 0.325 e. The number of rotatable bonds is 23. The number of ketones is 2. The largest absolute Gasteiger partial charge is 0.480 e. The van der Waals surface area contributed by atoms with Crippen LogP contribution in [0.5, 0.6) is 0 Å². The van der Waals surface area contributed by atoms with E-state index in [2.05, 4.69) is 57.8 Å². The van der Waals surface area contributed by atoms with E-state index in [1.165, 1.54) is 22.2 Å². The highest BCUT2D eigenvalue weighted by Gasteiger charge is 2.35. The average Bonchev–Trinajstić information content (AvgIpc) is 3.48. The van der Waals surface area contributed by atoms with E-state index in [1.807, 2.05) is 89.3 Å². The molecule has 2 aliphatic rings. The van der Waals surface area contributed by atoms with Crippen molar-refractivity contribution in [2.24, 2.45) is 23.7 Å². The van der Waals surface area contributed by atoms with Crippen molar-refractivity contribution in [3.8, 4) is 0 Å². The maximum absolute atomic E-state index is 13.1. The Labute approximate surface area is 475 Å². The van der Waals surface area contributed by atoms with E-state index in [0.717, 1.165) is 44.1 Å². The second-order valence-corrected chi connectivity index (χ2v) is 21.2. The lowest BCUT2D eigenvalue weighted by Crippen LogP contribution is -2.59. The lowest BCUT2D eigenvalue weighted by Gasteiger charge is -2.35. The van der Waals surface area contributed by atoms with Crippen molar-refractivity contribution in [1.29, 1.82) is 0 Å². The Morgan fingerprint density at radius 1 is 0.630 bits per heavy atom. The van der Waals surface area contributed by atoms with Gasteiger partial charge < -0.3 is 25.6 Å². The Kier molecular flexibility index (Phi) is 25.9. The minimum Gasteiger partial charge on any atom is -0.480 e. The van der Waals surface area contributed by atoms with Crippen LogP contribution in [0.1, 0.15) is 141 Å². The molecular formula is C62H82N8O11. The Hall–Kier alpha value is -7.74. The van der Waals surface area contributed by atoms with Gasteiger partial charge >= 0.3 is 11.9 Å². The second kappa shape index (κ2) is 31.9. The number of hydrogen-bond acceptors (Lipinski definition) is 14. The lowest BCUT2D eigenvalue weighted by molar-refractivity contribution is -0.157. The number of amides is 4. The molecule has 19 heteroatoms. The van der Waals surface area contributed by atoms with E-state index in [-0.39, 0.29) is 66.8 Å². The van der Waals surface area contributed by atoms with Crippen LogP contribution in [0.15, 0.2) is 99.4 Å². The number of carboxylic acid groups (broad SMARTS) is 1. The number of pyridine rings is 2. The molecular weight excluding hydrogens is 1030 g/mol. The summed E-state index contributed by atoms with van der Waals surface area (Å²) in [5.74, 6) is -4.29. The molecule has 8 atom stereocenters. The molecule has 0 spiro atoms. The van der Waals surface area contributed by atoms with Gasteiger partial charge in [-0.15, -0.1) is 13.2 Å². The minimum atomic E-state index is -1.01. The SMILES string of the molecule is C=CCC(=O)C[C@H](C(=O)N[C@@H](C)C(=O)N1CCC[C@@H](C(=O)O)N1)C(C)C.C=CCC(=O)C[C@H](C(=O)N[C@@H](C)C(=O)N1CCC[C@@H](C(=O)OC(C)c2ccc3cnc(C=C)cc3c2)N1)C(C)C.C=Cc1cc2cc([C@@H](C)O)ccc2cn1. The molecule has 2 aromatic carbocycles. The number of aromatic nitrogens is 2. The molecule has 4 amide bonds. The molecule has 81 heavy (non-hydrogen) atoms. The van der Waals surface area contributed by atoms with Gasteiger partial charge in [-0.05, 0) is 124 Å². The first-order chi connectivity index (χ1) is 38.4. The number of carbonyl (C=O) groups excluding carboxylic acids is 7. The van der Waals surface area contributed by atoms with Gasteiger partial charge in [0.05, 0.1) is 17.5 Å². The first-order valence-electron chi connectivity index (χ1n) is 27.6. The fourth-order valence-electron chi connectivity index (χ4n) is 9.13. The predicted molar refractivity (Wildman–Crippen MR) is 313 cm³/mol. The highest BCUT2D eigenvalue weighted by molar-refractivity contribution is 5.93. The summed E-state index contributed by atoms with van der Waals surface area (Å²) in [7, 11) is 0. The van der Waals surface area contributed by atoms with E-state index in [1.54, 1.807) is 39.1 Å². The molecule has 0 aliphatic carbocycles. The number of hydrazine groups is 2. The number of ether oxygens (including phenoxy) is 1. The van der Waals surface area contributed by atoms with Crippen LogP contribution in [0.3, 0.4) is 0 Å². The molecule has 0 bridgehead atoms. The molecule has 436 valence electrons. The number of benzene rings is 2. The number of nitrogens with zero attached hydrogens (tertiary/aromatic N) is 4. The van der Waals surface area contributed by atoms with Crippen molar-refractivity contribution in [3.63, 3.8) is 0 Å². The molecule has 2 aromatic heterocycles. The van der Waals surface area contributed by atoms with Crippen LogP contribution < -0.4 is 21.5 Å². The Morgan fingerprint density at radius 3 is 1.46 bits per heavy atom. The van der Waals surface area contributed by atoms with Crippen LogP contribution >= 0.6 is 0 Å². The Bertz CT molecular complexity index is 2920. The molecule has 1 unspecified atom stereocenters. The number of carboxylic acids is 1. The van der Waals surface area contributed by atoms with Crippen LogP contribution in [0.25, 0.3) is 33.7 Å². The van der Waals surface area contributed by atoms with Crippen LogP contribution in [-0.2, 0) is 43.1 Å². The summed E-state index contributed by atoms with van der Waals surface area (Å²) in [4.78, 5) is 108. The van der Waals surface area contributed by atoms with Crippen molar-refractivity contribution in [1.82, 2.24) is 41.5 Å². The third-order valence-electron chi connectivity index (χ3n) is 14.1. The molecule has 0 radical (unpaired) electrons. The highest BCUT2D eigenvalue weighted by Crippen LogP contribution is 2.26. The molecule has 4 heterocycles. The first-order valence-corrected chi connectivity index (χ1v) is 27.6. The van der Waals surface area contributed by atoms with E-state index in [9.17, 15) is 43.5 Å². The summed E-state index contributed by atoms with van der Waals surface area (Å²) in [5.41, 5.74) is 9.03. The fraction of sp³-hybridized carbons (Fsp3) is 0.452. The maximum Gasteiger partial charge on any atom is 0.325 e. The van der Waals surface area contributed by atoms with Crippen molar-refractivity contribution in [3.05, 3.63) is 122 Å². The van der Waals surface area contributed by atoms with Crippen molar-refractivity contribution < 1.29 is 53.3 Å². The van der Waals surface area contributed by atoms with Gasteiger partial charge in [-0.1, -0.05) is 77.3 Å². The maximum atomic E-state index is 13.1. The van der Waals surface area contributed by atoms with Gasteiger partial charge in [-0.3, -0.25) is 58.3 Å². The number of carbonyl (C=O) groups is 8. The van der Waals surface area contributed by atoms with E-state index in [0.29, 0.717) is 38.8 Å². The third kappa shape index (κ3) is 19.8. The molecule has 2 fully saturated rings. The molecule has 19 nitrogen and oxygen atoms in total. The second-order valence-electron chi connectivity index (χ2n) is 21.2. The van der Waals surface area contributed by atoms with Gasteiger partial charge in [0.1, 0.15) is 41.8 Å². The summed E-state index contributed by atoms with van der Waals surface area (Å²) < 4.78 is 5.77. The van der Waals surface area contributed by atoms with Crippen molar-refractivity contribution in [2.45, 2.75) is 143 Å². The Balaban J connectivity index is 0.000000292.